The van der Waals surface area contributed by atoms with Crippen LogP contribution in [-0.4, -0.2) is 23.6 Å². The molecule has 0 aliphatic heterocycles. The highest BCUT2D eigenvalue weighted by molar-refractivity contribution is 5.61. The second kappa shape index (κ2) is 5.10. The Kier molecular flexibility index (Phi) is 3.54. The molecular weight excluding hydrogens is 217 g/mol. The number of aromatic nitrogens is 2. The van der Waals surface area contributed by atoms with Gasteiger partial charge in [0.15, 0.2) is 0 Å². The summed E-state index contributed by atoms with van der Waals surface area (Å²) in [6.07, 6.45) is 0.860. The second-order valence-electron chi connectivity index (χ2n) is 4.02. The number of benzene rings is 1. The minimum atomic E-state index is -0.225. The van der Waals surface area contributed by atoms with Gasteiger partial charge in [0.05, 0.1) is 5.69 Å². The smallest absolute Gasteiger partial charge is 0.123 e. The van der Waals surface area contributed by atoms with Crippen LogP contribution in [0.15, 0.2) is 24.3 Å². The predicted molar refractivity (Wildman–Crippen MR) is 66.3 cm³/mol. The zero-order chi connectivity index (χ0) is 12.3. The first-order chi connectivity index (χ1) is 8.20. The zero-order valence-electron chi connectivity index (χ0n) is 10.0. The molecular formula is C13H16FN3. The number of aromatic amines is 1. The van der Waals surface area contributed by atoms with Crippen LogP contribution in [0.3, 0.4) is 0 Å². The fourth-order valence-corrected chi connectivity index (χ4v) is 1.77. The van der Waals surface area contributed by atoms with Crippen molar-refractivity contribution in [2.45, 2.75) is 13.3 Å². The van der Waals surface area contributed by atoms with Crippen molar-refractivity contribution in [3.63, 3.8) is 0 Å². The molecule has 0 unspecified atom stereocenters. The molecule has 0 aliphatic rings. The van der Waals surface area contributed by atoms with Crippen LogP contribution in [0.2, 0.25) is 0 Å². The summed E-state index contributed by atoms with van der Waals surface area (Å²) < 4.78 is 12.8. The Labute approximate surface area is 100 Å². The number of likely N-dealkylation sites (N-methyl/N-ethyl adjacent to an activating group) is 1. The Morgan fingerprint density at radius 1 is 1.29 bits per heavy atom. The zero-order valence-corrected chi connectivity index (χ0v) is 10.0. The van der Waals surface area contributed by atoms with E-state index in [-0.39, 0.29) is 5.82 Å². The van der Waals surface area contributed by atoms with Gasteiger partial charge in [-0.3, -0.25) is 0 Å². The second-order valence-corrected chi connectivity index (χ2v) is 4.02. The number of aryl methyl sites for hydroxylation is 1. The molecule has 0 amide bonds. The first-order valence-corrected chi connectivity index (χ1v) is 5.66. The van der Waals surface area contributed by atoms with Crippen LogP contribution >= 0.6 is 0 Å². The minimum Gasteiger partial charge on any atom is -0.346 e. The van der Waals surface area contributed by atoms with Gasteiger partial charge >= 0.3 is 0 Å². The standard InChI is InChI=1S/C13H16FN3/c1-9-13(10-3-5-11(14)6-4-10)17-12(16-9)7-8-15-2/h3-6,15H,7-8H2,1-2H3,(H,16,17). The highest BCUT2D eigenvalue weighted by Crippen LogP contribution is 2.21. The first-order valence-electron chi connectivity index (χ1n) is 5.66. The van der Waals surface area contributed by atoms with Crippen LogP contribution in [-0.2, 0) is 6.42 Å². The van der Waals surface area contributed by atoms with Gasteiger partial charge in [-0.2, -0.15) is 0 Å². The Balaban J connectivity index is 2.26. The van der Waals surface area contributed by atoms with Crippen LogP contribution in [0.5, 0.6) is 0 Å². The van der Waals surface area contributed by atoms with E-state index >= 15 is 0 Å². The molecule has 17 heavy (non-hydrogen) atoms. The highest BCUT2D eigenvalue weighted by Gasteiger charge is 2.08. The summed E-state index contributed by atoms with van der Waals surface area (Å²) >= 11 is 0. The van der Waals surface area contributed by atoms with E-state index in [0.717, 1.165) is 35.7 Å². The molecule has 1 aromatic carbocycles. The minimum absolute atomic E-state index is 0.225. The number of halogens is 1. The van der Waals surface area contributed by atoms with Gasteiger partial charge in [0, 0.05) is 24.2 Å². The van der Waals surface area contributed by atoms with E-state index < -0.39 is 0 Å². The van der Waals surface area contributed by atoms with Crippen LogP contribution in [0.4, 0.5) is 4.39 Å². The van der Waals surface area contributed by atoms with Crippen LogP contribution in [0.25, 0.3) is 11.3 Å². The van der Waals surface area contributed by atoms with Crippen molar-refractivity contribution in [2.24, 2.45) is 0 Å². The molecule has 0 bridgehead atoms. The van der Waals surface area contributed by atoms with E-state index in [1.165, 1.54) is 12.1 Å². The molecule has 0 spiro atoms. The molecule has 2 N–H and O–H groups in total. The summed E-state index contributed by atoms with van der Waals surface area (Å²) in [6, 6.07) is 6.41. The average Bonchev–Trinajstić information content (AvgIpc) is 2.69. The predicted octanol–water partition coefficient (Wildman–Crippen LogP) is 2.29. The SMILES string of the molecule is CNCCc1nc(-c2ccc(F)cc2)c(C)[nH]1. The van der Waals surface area contributed by atoms with Crippen molar-refractivity contribution < 1.29 is 4.39 Å². The van der Waals surface area contributed by atoms with Crippen molar-refractivity contribution >= 4 is 0 Å². The molecule has 0 aliphatic carbocycles. The third kappa shape index (κ3) is 2.71. The van der Waals surface area contributed by atoms with E-state index in [1.807, 2.05) is 14.0 Å². The summed E-state index contributed by atoms with van der Waals surface area (Å²) in [5, 5.41) is 3.08. The number of H-pyrrole nitrogens is 1. The third-order valence-corrected chi connectivity index (χ3v) is 2.66. The van der Waals surface area contributed by atoms with Gasteiger partial charge < -0.3 is 10.3 Å². The number of imidazole rings is 1. The molecule has 0 atom stereocenters. The largest absolute Gasteiger partial charge is 0.346 e. The lowest BCUT2D eigenvalue weighted by atomic mass is 10.1. The van der Waals surface area contributed by atoms with E-state index in [0.29, 0.717) is 0 Å². The number of hydrogen-bond donors (Lipinski definition) is 2. The fraction of sp³-hybridized carbons (Fsp3) is 0.308. The molecule has 2 rings (SSSR count). The summed E-state index contributed by atoms with van der Waals surface area (Å²) in [5.41, 5.74) is 2.86. The molecule has 4 heteroatoms. The lowest BCUT2D eigenvalue weighted by molar-refractivity contribution is 0.628. The molecule has 0 radical (unpaired) electrons. The van der Waals surface area contributed by atoms with E-state index in [1.54, 1.807) is 12.1 Å². The number of nitrogens with zero attached hydrogens (tertiary/aromatic N) is 1. The van der Waals surface area contributed by atoms with E-state index in [2.05, 4.69) is 15.3 Å². The monoisotopic (exact) mass is 233 g/mol. The molecule has 0 saturated heterocycles. The third-order valence-electron chi connectivity index (χ3n) is 2.66. The van der Waals surface area contributed by atoms with Gasteiger partial charge in [0.25, 0.3) is 0 Å². The lowest BCUT2D eigenvalue weighted by Crippen LogP contribution is -2.11. The maximum absolute atomic E-state index is 12.8. The summed E-state index contributed by atoms with van der Waals surface area (Å²) in [5.74, 6) is 0.730. The lowest BCUT2D eigenvalue weighted by Gasteiger charge is -1.97. The molecule has 0 fully saturated rings. The molecule has 1 aromatic heterocycles. The van der Waals surface area contributed by atoms with Gasteiger partial charge in [0.1, 0.15) is 11.6 Å². The summed E-state index contributed by atoms with van der Waals surface area (Å²) in [6.45, 7) is 2.87. The Morgan fingerprint density at radius 3 is 2.65 bits per heavy atom. The topological polar surface area (TPSA) is 40.7 Å². The quantitative estimate of drug-likeness (QED) is 0.850. The maximum atomic E-state index is 12.8. The Bertz CT molecular complexity index is 488. The Morgan fingerprint density at radius 2 is 2.00 bits per heavy atom. The van der Waals surface area contributed by atoms with Gasteiger partial charge in [-0.1, -0.05) is 0 Å². The molecule has 3 nitrogen and oxygen atoms in total. The summed E-state index contributed by atoms with van der Waals surface area (Å²) in [4.78, 5) is 7.78. The normalized spacial score (nSPS) is 10.8. The van der Waals surface area contributed by atoms with Crippen molar-refractivity contribution in [1.82, 2.24) is 15.3 Å². The van der Waals surface area contributed by atoms with Gasteiger partial charge in [-0.05, 0) is 38.2 Å². The number of nitrogens with one attached hydrogen (secondary N) is 2. The van der Waals surface area contributed by atoms with Crippen molar-refractivity contribution in [2.75, 3.05) is 13.6 Å². The van der Waals surface area contributed by atoms with E-state index in [4.69, 9.17) is 0 Å². The molecule has 2 aromatic rings. The van der Waals surface area contributed by atoms with Crippen molar-refractivity contribution in [3.05, 3.63) is 41.6 Å². The van der Waals surface area contributed by atoms with Gasteiger partial charge in [0.2, 0.25) is 0 Å². The van der Waals surface area contributed by atoms with Crippen molar-refractivity contribution in [3.8, 4) is 11.3 Å². The number of rotatable bonds is 4. The first kappa shape index (κ1) is 11.8. The highest BCUT2D eigenvalue weighted by atomic mass is 19.1. The van der Waals surface area contributed by atoms with Crippen LogP contribution < -0.4 is 5.32 Å². The maximum Gasteiger partial charge on any atom is 0.123 e. The van der Waals surface area contributed by atoms with Crippen molar-refractivity contribution in [1.29, 1.82) is 0 Å². The molecule has 1 heterocycles. The average molecular weight is 233 g/mol. The van der Waals surface area contributed by atoms with Crippen LogP contribution in [0, 0.1) is 12.7 Å². The van der Waals surface area contributed by atoms with Gasteiger partial charge in [-0.25, -0.2) is 9.37 Å². The molecule has 0 saturated carbocycles. The van der Waals surface area contributed by atoms with Gasteiger partial charge in [-0.15, -0.1) is 0 Å². The molecule has 90 valence electrons. The number of hydrogen-bond acceptors (Lipinski definition) is 2. The summed E-state index contributed by atoms with van der Waals surface area (Å²) in [7, 11) is 1.91. The fourth-order valence-electron chi connectivity index (χ4n) is 1.77. The van der Waals surface area contributed by atoms with Crippen LogP contribution in [0.1, 0.15) is 11.5 Å². The Hall–Kier alpha value is -1.68. The van der Waals surface area contributed by atoms with E-state index in [9.17, 15) is 4.39 Å².